The van der Waals surface area contributed by atoms with Crippen molar-refractivity contribution in [1.29, 1.82) is 0 Å². The normalized spacial score (nSPS) is 10.8. The summed E-state index contributed by atoms with van der Waals surface area (Å²) >= 11 is 13.9. The number of hydroxylamine groups is 1. The molecule has 0 bridgehead atoms. The molecule has 0 saturated heterocycles. The van der Waals surface area contributed by atoms with Crippen molar-refractivity contribution in [2.45, 2.75) is 0 Å². The smallest absolute Gasteiger partial charge is 0.277 e. The number of anilines is 2. The third kappa shape index (κ3) is 6.90. The van der Waals surface area contributed by atoms with Crippen molar-refractivity contribution in [3.63, 3.8) is 0 Å². The van der Waals surface area contributed by atoms with E-state index in [0.29, 0.717) is 13.2 Å². The Morgan fingerprint density at radius 3 is 2.48 bits per heavy atom. The zero-order valence-electron chi connectivity index (χ0n) is 15.2. The fraction of sp³-hybridized carbons (Fsp3) is 0.278. The Morgan fingerprint density at radius 1 is 1.07 bits per heavy atom. The Kier molecular flexibility index (Phi) is 9.80. The molecule has 2 aromatic rings. The molecule has 0 aliphatic rings. The number of rotatable bonds is 10. The molecule has 0 aliphatic carbocycles. The summed E-state index contributed by atoms with van der Waals surface area (Å²) < 4.78 is 39.4. The van der Waals surface area contributed by atoms with Gasteiger partial charge >= 0.3 is 0 Å². The summed E-state index contributed by atoms with van der Waals surface area (Å²) in [5.41, 5.74) is 1.74. The van der Waals surface area contributed by atoms with E-state index in [1.807, 2.05) is 0 Å². The number of benzene rings is 2. The molecular formula is C18H17Cl2F2IN2O4. The van der Waals surface area contributed by atoms with Crippen LogP contribution < -0.4 is 10.8 Å². The second-order valence-corrected chi connectivity index (χ2v) is 7.60. The van der Waals surface area contributed by atoms with Gasteiger partial charge in [0.1, 0.15) is 0 Å². The maximum absolute atomic E-state index is 14.5. The lowest BCUT2D eigenvalue weighted by Crippen LogP contribution is -2.27. The van der Waals surface area contributed by atoms with Crippen LogP contribution in [0.3, 0.4) is 0 Å². The van der Waals surface area contributed by atoms with Crippen LogP contribution in [-0.2, 0) is 14.3 Å². The van der Waals surface area contributed by atoms with Crippen LogP contribution in [0.1, 0.15) is 10.4 Å². The molecule has 0 atom stereocenters. The van der Waals surface area contributed by atoms with Gasteiger partial charge in [-0.1, -0.05) is 23.2 Å². The van der Waals surface area contributed by atoms with Crippen LogP contribution in [0.5, 0.6) is 0 Å². The first-order valence-corrected chi connectivity index (χ1v) is 10.1. The van der Waals surface area contributed by atoms with Gasteiger partial charge in [-0.05, 0) is 46.9 Å². The van der Waals surface area contributed by atoms with Gasteiger partial charge in [0.15, 0.2) is 11.6 Å². The number of ether oxygens (including phenoxy) is 2. The molecule has 0 radical (unpaired) electrons. The van der Waals surface area contributed by atoms with Gasteiger partial charge in [-0.2, -0.15) is 0 Å². The highest BCUT2D eigenvalue weighted by molar-refractivity contribution is 14.1. The molecule has 0 spiro atoms. The third-order valence-electron chi connectivity index (χ3n) is 3.52. The number of halogens is 5. The average Bonchev–Trinajstić information content (AvgIpc) is 2.69. The van der Waals surface area contributed by atoms with Gasteiger partial charge in [0.05, 0.1) is 53.4 Å². The van der Waals surface area contributed by atoms with Crippen LogP contribution in [0.2, 0.25) is 10.0 Å². The van der Waals surface area contributed by atoms with Gasteiger partial charge in [-0.15, -0.1) is 0 Å². The third-order valence-corrected chi connectivity index (χ3v) is 4.78. The molecule has 0 heterocycles. The molecule has 29 heavy (non-hydrogen) atoms. The molecule has 0 fully saturated rings. The minimum Gasteiger partial charge on any atom is -0.382 e. The highest BCUT2D eigenvalue weighted by Crippen LogP contribution is 2.33. The maximum Gasteiger partial charge on any atom is 0.277 e. The summed E-state index contributed by atoms with van der Waals surface area (Å²) in [6.07, 6.45) is 0. The minimum atomic E-state index is -1.32. The van der Waals surface area contributed by atoms with Crippen molar-refractivity contribution in [3.05, 3.63) is 55.1 Å². The molecule has 0 aromatic heterocycles. The van der Waals surface area contributed by atoms with Crippen LogP contribution in [0.4, 0.5) is 20.2 Å². The molecule has 6 nitrogen and oxygen atoms in total. The van der Waals surface area contributed by atoms with E-state index in [1.165, 1.54) is 0 Å². The highest BCUT2D eigenvalue weighted by atomic mass is 127. The Hall–Kier alpha value is -1.24. The van der Waals surface area contributed by atoms with Crippen LogP contribution >= 0.6 is 45.8 Å². The summed E-state index contributed by atoms with van der Waals surface area (Å²) in [5.74, 6) is -3.44. The van der Waals surface area contributed by atoms with Crippen molar-refractivity contribution < 1.29 is 27.9 Å². The number of carbonyl (C=O) groups excluding carboxylic acids is 1. The van der Waals surface area contributed by atoms with Crippen LogP contribution in [0, 0.1) is 15.2 Å². The summed E-state index contributed by atoms with van der Waals surface area (Å²) in [4.78, 5) is 17.4. The molecule has 158 valence electrons. The fourth-order valence-electron chi connectivity index (χ4n) is 2.14. The van der Waals surface area contributed by atoms with Crippen molar-refractivity contribution >= 4 is 63.1 Å². The molecule has 0 aliphatic heterocycles. The molecule has 2 rings (SSSR count). The first-order valence-electron chi connectivity index (χ1n) is 8.23. The summed E-state index contributed by atoms with van der Waals surface area (Å²) in [5, 5.41) is 2.37. The molecule has 1 amide bonds. The Morgan fingerprint density at radius 2 is 1.79 bits per heavy atom. The van der Waals surface area contributed by atoms with Gasteiger partial charge in [0.2, 0.25) is 0 Å². The van der Waals surface area contributed by atoms with Crippen molar-refractivity contribution in [2.75, 3.05) is 38.9 Å². The number of amides is 1. The predicted octanol–water partition coefficient (Wildman–Crippen LogP) is 4.94. The maximum atomic E-state index is 14.5. The quantitative estimate of drug-likeness (QED) is 0.186. The van der Waals surface area contributed by atoms with Gasteiger partial charge in [-0.3, -0.25) is 9.63 Å². The second-order valence-electron chi connectivity index (χ2n) is 5.54. The first kappa shape index (κ1) is 24.0. The van der Waals surface area contributed by atoms with Crippen LogP contribution in [0.15, 0.2) is 24.3 Å². The zero-order chi connectivity index (χ0) is 21.4. The lowest BCUT2D eigenvalue weighted by Gasteiger charge is -2.15. The van der Waals surface area contributed by atoms with E-state index < -0.39 is 28.3 Å². The van der Waals surface area contributed by atoms with E-state index in [2.05, 4.69) is 33.4 Å². The van der Waals surface area contributed by atoms with E-state index in [1.54, 1.807) is 25.3 Å². The van der Waals surface area contributed by atoms with Gasteiger partial charge in [-0.25, -0.2) is 14.3 Å². The molecule has 11 heteroatoms. The number of carbonyl (C=O) groups is 1. The standard InChI is InChI=1S/C18H17Cl2F2IN2O4/c1-27-4-5-28-6-7-29-25-18(26)11-9-13(20)15(21)16(22)17(11)24-14-3-2-10(23)8-12(14)19/h2-3,8-9,24H,4-7H2,1H3,(H,25,26). The van der Waals surface area contributed by atoms with E-state index >= 15 is 0 Å². The number of hydrogen-bond acceptors (Lipinski definition) is 5. The van der Waals surface area contributed by atoms with Crippen molar-refractivity contribution in [1.82, 2.24) is 5.48 Å². The predicted molar refractivity (Wildman–Crippen MR) is 115 cm³/mol. The summed E-state index contributed by atoms with van der Waals surface area (Å²) in [6.45, 7) is 1.04. The van der Waals surface area contributed by atoms with E-state index in [-0.39, 0.29) is 29.5 Å². The summed E-state index contributed by atoms with van der Waals surface area (Å²) in [7, 11) is 1.54. The molecule has 2 aromatic carbocycles. The molecule has 2 N–H and O–H groups in total. The van der Waals surface area contributed by atoms with E-state index in [9.17, 15) is 13.6 Å². The lowest BCUT2D eigenvalue weighted by atomic mass is 10.1. The second kappa shape index (κ2) is 11.8. The van der Waals surface area contributed by atoms with Gasteiger partial charge in [0, 0.05) is 10.7 Å². The van der Waals surface area contributed by atoms with Crippen molar-refractivity contribution in [3.8, 4) is 0 Å². The van der Waals surface area contributed by atoms with Crippen LogP contribution in [-0.4, -0.2) is 39.4 Å². The topological polar surface area (TPSA) is 68.8 Å². The first-order chi connectivity index (χ1) is 13.8. The highest BCUT2D eigenvalue weighted by Gasteiger charge is 2.23. The molecule has 0 saturated carbocycles. The lowest BCUT2D eigenvalue weighted by molar-refractivity contribution is -0.00936. The van der Waals surface area contributed by atoms with Crippen LogP contribution in [0.25, 0.3) is 0 Å². The van der Waals surface area contributed by atoms with Gasteiger partial charge in [0.25, 0.3) is 5.91 Å². The summed E-state index contributed by atoms with van der Waals surface area (Å²) in [6, 6.07) is 5.91. The Balaban J connectivity index is 2.15. The number of methoxy groups -OCH3 is 1. The largest absolute Gasteiger partial charge is 0.382 e. The minimum absolute atomic E-state index is 0.0403. The fourth-order valence-corrected chi connectivity index (χ4v) is 3.23. The number of hydrogen-bond donors (Lipinski definition) is 2. The Bertz CT molecular complexity index is 874. The van der Waals surface area contributed by atoms with E-state index in [0.717, 1.165) is 9.64 Å². The monoisotopic (exact) mass is 560 g/mol. The van der Waals surface area contributed by atoms with E-state index in [4.69, 9.17) is 37.5 Å². The zero-order valence-corrected chi connectivity index (χ0v) is 18.8. The molecular weight excluding hydrogens is 544 g/mol. The Labute approximate surface area is 189 Å². The number of nitrogens with one attached hydrogen (secondary N) is 2. The van der Waals surface area contributed by atoms with Crippen molar-refractivity contribution in [2.24, 2.45) is 0 Å². The SMILES string of the molecule is COCCOCCONC(=O)c1cc(Cl)c(F)c(F)c1Nc1ccc(I)cc1Cl. The van der Waals surface area contributed by atoms with Gasteiger partial charge < -0.3 is 14.8 Å². The average molecular weight is 561 g/mol. The molecule has 0 unspecified atom stereocenters.